The molecule has 1 aliphatic heterocycles. The van der Waals surface area contributed by atoms with Crippen molar-refractivity contribution in [2.24, 2.45) is 0 Å². The first-order valence-corrected chi connectivity index (χ1v) is 12.5. The summed E-state index contributed by atoms with van der Waals surface area (Å²) in [5.74, 6) is 0.878. The lowest BCUT2D eigenvalue weighted by molar-refractivity contribution is -0.115. The van der Waals surface area contributed by atoms with Gasteiger partial charge in [-0.2, -0.15) is 0 Å². The number of hydrogen-bond donors (Lipinski definition) is 1. The number of carbonyl (C=O) groups is 2. The van der Waals surface area contributed by atoms with E-state index in [1.165, 1.54) is 5.56 Å². The Bertz CT molecular complexity index is 1340. The molecule has 1 fully saturated rings. The van der Waals surface area contributed by atoms with Crippen LogP contribution in [0.1, 0.15) is 46.6 Å². The lowest BCUT2D eigenvalue weighted by atomic mass is 10.0. The topological polar surface area (TPSA) is 49.4 Å². The smallest absolute Gasteiger partial charge is 0.256 e. The van der Waals surface area contributed by atoms with E-state index in [4.69, 9.17) is 0 Å². The molecule has 1 saturated heterocycles. The summed E-state index contributed by atoms with van der Waals surface area (Å²) in [6.45, 7) is 4.32. The van der Waals surface area contributed by atoms with E-state index >= 15 is 0 Å². The second-order valence-corrected chi connectivity index (χ2v) is 9.84. The first-order valence-electron chi connectivity index (χ1n) is 11.4. The molecule has 0 aliphatic carbocycles. The van der Waals surface area contributed by atoms with Crippen LogP contribution in [0.15, 0.2) is 91.0 Å². The quantitative estimate of drug-likeness (QED) is 0.345. The van der Waals surface area contributed by atoms with Gasteiger partial charge in [-0.15, -0.1) is 11.8 Å². The second kappa shape index (κ2) is 9.35. The molecule has 34 heavy (non-hydrogen) atoms. The van der Waals surface area contributed by atoms with E-state index in [9.17, 15) is 9.59 Å². The van der Waals surface area contributed by atoms with Gasteiger partial charge in [-0.1, -0.05) is 74.5 Å². The minimum Gasteiger partial charge on any atom is -0.322 e. The predicted molar refractivity (Wildman–Crippen MR) is 142 cm³/mol. The summed E-state index contributed by atoms with van der Waals surface area (Å²) in [6.07, 6.45) is 0. The Kier molecular flexibility index (Phi) is 6.12. The van der Waals surface area contributed by atoms with Crippen LogP contribution in [-0.4, -0.2) is 17.6 Å². The number of anilines is 2. The molecule has 0 unspecified atom stereocenters. The Labute approximate surface area is 204 Å². The third kappa shape index (κ3) is 4.31. The first kappa shape index (κ1) is 22.2. The molecule has 4 nitrogen and oxygen atoms in total. The van der Waals surface area contributed by atoms with Gasteiger partial charge in [0.1, 0.15) is 5.37 Å². The SMILES string of the molecule is CC(C)c1ccc(N2C(=O)CS[C@H]2c2ccc(NC(=O)c3cccc4ccccc34)cc2)cc1. The Hall–Kier alpha value is -3.57. The molecular formula is C29H26N2O2S. The molecule has 4 aromatic carbocycles. The maximum atomic E-state index is 13.0. The highest BCUT2D eigenvalue weighted by Gasteiger charge is 2.34. The van der Waals surface area contributed by atoms with Crippen molar-refractivity contribution in [2.75, 3.05) is 16.0 Å². The molecular weight excluding hydrogens is 440 g/mol. The highest BCUT2D eigenvalue weighted by molar-refractivity contribution is 8.00. The molecule has 1 heterocycles. The normalized spacial score (nSPS) is 15.8. The number of fused-ring (bicyclic) bond motifs is 1. The van der Waals surface area contributed by atoms with Gasteiger partial charge in [-0.25, -0.2) is 0 Å². The van der Waals surface area contributed by atoms with Crippen molar-refractivity contribution in [2.45, 2.75) is 25.1 Å². The molecule has 0 aromatic heterocycles. The highest BCUT2D eigenvalue weighted by atomic mass is 32.2. The van der Waals surface area contributed by atoms with Gasteiger partial charge in [0.25, 0.3) is 5.91 Å². The number of benzene rings is 4. The molecule has 0 bridgehead atoms. The predicted octanol–water partition coefficient (Wildman–Crippen LogP) is 6.99. The molecule has 1 aliphatic rings. The van der Waals surface area contributed by atoms with E-state index in [2.05, 4.69) is 31.3 Å². The van der Waals surface area contributed by atoms with Crippen LogP contribution in [0.3, 0.4) is 0 Å². The van der Waals surface area contributed by atoms with Crippen LogP contribution >= 0.6 is 11.8 Å². The maximum absolute atomic E-state index is 13.0. The summed E-state index contributed by atoms with van der Waals surface area (Å²) in [5, 5.41) is 4.89. The molecule has 1 N–H and O–H groups in total. The van der Waals surface area contributed by atoms with Gasteiger partial charge >= 0.3 is 0 Å². The summed E-state index contributed by atoms with van der Waals surface area (Å²) in [5.41, 5.74) is 4.58. The minimum absolute atomic E-state index is 0.0831. The summed E-state index contributed by atoms with van der Waals surface area (Å²) in [6, 6.07) is 29.7. The van der Waals surface area contributed by atoms with Gasteiger partial charge in [0.05, 0.1) is 5.75 Å². The number of hydrogen-bond acceptors (Lipinski definition) is 3. The molecule has 5 heteroatoms. The number of nitrogens with one attached hydrogen (secondary N) is 1. The largest absolute Gasteiger partial charge is 0.322 e. The van der Waals surface area contributed by atoms with Crippen LogP contribution in [0, 0.1) is 0 Å². The van der Waals surface area contributed by atoms with E-state index in [1.807, 2.05) is 83.8 Å². The number of amides is 2. The van der Waals surface area contributed by atoms with Gasteiger partial charge in [-0.05, 0) is 58.1 Å². The van der Waals surface area contributed by atoms with E-state index < -0.39 is 0 Å². The van der Waals surface area contributed by atoms with Crippen molar-refractivity contribution >= 4 is 45.7 Å². The Morgan fingerprint density at radius 2 is 1.62 bits per heavy atom. The highest BCUT2D eigenvalue weighted by Crippen LogP contribution is 2.42. The molecule has 0 radical (unpaired) electrons. The molecule has 4 aromatic rings. The third-order valence-corrected chi connectivity index (χ3v) is 7.41. The van der Waals surface area contributed by atoms with E-state index in [0.29, 0.717) is 17.2 Å². The fourth-order valence-electron chi connectivity index (χ4n) is 4.32. The zero-order valence-corrected chi connectivity index (χ0v) is 20.0. The molecule has 2 amide bonds. The van der Waals surface area contributed by atoms with Crippen molar-refractivity contribution in [3.63, 3.8) is 0 Å². The van der Waals surface area contributed by atoms with Crippen molar-refractivity contribution in [3.05, 3.63) is 108 Å². The summed E-state index contributed by atoms with van der Waals surface area (Å²) < 4.78 is 0. The lowest BCUT2D eigenvalue weighted by Gasteiger charge is -2.25. The summed E-state index contributed by atoms with van der Waals surface area (Å²) >= 11 is 1.62. The molecule has 0 saturated carbocycles. The number of nitrogens with zero attached hydrogens (tertiary/aromatic N) is 1. The lowest BCUT2D eigenvalue weighted by Crippen LogP contribution is -2.27. The van der Waals surface area contributed by atoms with Crippen LogP contribution in [0.25, 0.3) is 10.8 Å². The molecule has 1 atom stereocenters. The molecule has 5 rings (SSSR count). The number of thioether (sulfide) groups is 1. The summed E-state index contributed by atoms with van der Waals surface area (Å²) in [4.78, 5) is 27.5. The average molecular weight is 467 g/mol. The first-order chi connectivity index (χ1) is 16.5. The van der Waals surface area contributed by atoms with Gasteiger partial charge in [0.15, 0.2) is 0 Å². The van der Waals surface area contributed by atoms with E-state index in [1.54, 1.807) is 11.8 Å². The van der Waals surface area contributed by atoms with E-state index in [0.717, 1.165) is 27.7 Å². The van der Waals surface area contributed by atoms with Gasteiger partial charge < -0.3 is 5.32 Å². The Balaban J connectivity index is 1.35. The standard InChI is InChI=1S/C29H26N2O2S/c1-19(2)20-12-16-24(17-13-20)31-27(32)18-34-29(31)22-10-14-23(15-11-22)30-28(33)26-9-5-7-21-6-3-4-8-25(21)26/h3-17,19,29H,18H2,1-2H3,(H,30,33)/t29-/m0/s1. The Morgan fingerprint density at radius 3 is 2.35 bits per heavy atom. The van der Waals surface area contributed by atoms with Crippen molar-refractivity contribution in [1.82, 2.24) is 0 Å². The summed E-state index contributed by atoms with van der Waals surface area (Å²) in [7, 11) is 0. The number of rotatable bonds is 5. The van der Waals surface area contributed by atoms with Crippen LogP contribution in [0.4, 0.5) is 11.4 Å². The maximum Gasteiger partial charge on any atom is 0.256 e. The van der Waals surface area contributed by atoms with Crippen molar-refractivity contribution in [1.29, 1.82) is 0 Å². The van der Waals surface area contributed by atoms with Crippen LogP contribution in [0.5, 0.6) is 0 Å². The zero-order valence-electron chi connectivity index (χ0n) is 19.2. The fourth-order valence-corrected chi connectivity index (χ4v) is 5.50. The zero-order chi connectivity index (χ0) is 23.7. The van der Waals surface area contributed by atoms with Crippen LogP contribution in [0.2, 0.25) is 0 Å². The third-order valence-electron chi connectivity index (χ3n) is 6.19. The Morgan fingerprint density at radius 1 is 0.912 bits per heavy atom. The number of carbonyl (C=O) groups excluding carboxylic acids is 2. The van der Waals surface area contributed by atoms with Gasteiger partial charge in [0.2, 0.25) is 5.91 Å². The average Bonchev–Trinajstić information content (AvgIpc) is 3.25. The van der Waals surface area contributed by atoms with Gasteiger partial charge in [-0.3, -0.25) is 14.5 Å². The van der Waals surface area contributed by atoms with E-state index in [-0.39, 0.29) is 17.2 Å². The van der Waals surface area contributed by atoms with Crippen molar-refractivity contribution in [3.8, 4) is 0 Å². The van der Waals surface area contributed by atoms with Crippen LogP contribution in [-0.2, 0) is 4.79 Å². The van der Waals surface area contributed by atoms with Gasteiger partial charge in [0, 0.05) is 16.9 Å². The fraction of sp³-hybridized carbons (Fsp3) is 0.172. The molecule has 170 valence electrons. The second-order valence-electron chi connectivity index (χ2n) is 8.78. The van der Waals surface area contributed by atoms with Crippen LogP contribution < -0.4 is 10.2 Å². The molecule has 0 spiro atoms. The monoisotopic (exact) mass is 466 g/mol. The van der Waals surface area contributed by atoms with Crippen molar-refractivity contribution < 1.29 is 9.59 Å². The minimum atomic E-state index is -0.137.